The number of hydrogen-bond acceptors (Lipinski definition) is 2. The SMILES string of the molecule is FC(F)(Oc1ccc(OC(F)(F)c2ccccc2)cc1)c1ccccc1. The molecule has 0 saturated heterocycles. The number of hydrogen-bond donors (Lipinski definition) is 0. The summed E-state index contributed by atoms with van der Waals surface area (Å²) in [5.74, 6) is -0.344. The average molecular weight is 362 g/mol. The molecule has 0 spiro atoms. The molecule has 0 heterocycles. The Bertz CT molecular complexity index is 762. The van der Waals surface area contributed by atoms with Crippen molar-refractivity contribution in [2.24, 2.45) is 0 Å². The van der Waals surface area contributed by atoms with Gasteiger partial charge in [-0.05, 0) is 48.5 Å². The van der Waals surface area contributed by atoms with E-state index < -0.39 is 12.2 Å². The minimum absolute atomic E-state index is 0.172. The summed E-state index contributed by atoms with van der Waals surface area (Å²) in [4.78, 5) is 0. The molecule has 3 aromatic rings. The minimum atomic E-state index is -3.54. The Morgan fingerprint density at radius 3 is 1.08 bits per heavy atom. The molecule has 0 amide bonds. The maximum absolute atomic E-state index is 14.1. The normalized spacial score (nSPS) is 11.8. The van der Waals surface area contributed by atoms with E-state index in [0.717, 1.165) is 24.3 Å². The van der Waals surface area contributed by atoms with Crippen molar-refractivity contribution in [1.29, 1.82) is 0 Å². The fourth-order valence-electron chi connectivity index (χ4n) is 2.25. The molecule has 0 aromatic heterocycles. The summed E-state index contributed by atoms with van der Waals surface area (Å²) >= 11 is 0. The summed E-state index contributed by atoms with van der Waals surface area (Å²) < 4.78 is 65.6. The first-order chi connectivity index (χ1) is 12.4. The fourth-order valence-corrected chi connectivity index (χ4v) is 2.25. The second-order valence-corrected chi connectivity index (χ2v) is 5.44. The lowest BCUT2D eigenvalue weighted by Gasteiger charge is -2.20. The zero-order valence-electron chi connectivity index (χ0n) is 13.4. The highest BCUT2D eigenvalue weighted by Gasteiger charge is 2.35. The van der Waals surface area contributed by atoms with E-state index in [1.165, 1.54) is 48.5 Å². The van der Waals surface area contributed by atoms with Gasteiger partial charge < -0.3 is 9.47 Å². The van der Waals surface area contributed by atoms with Crippen molar-refractivity contribution < 1.29 is 27.0 Å². The van der Waals surface area contributed by atoms with E-state index in [1.807, 2.05) is 0 Å². The Kier molecular flexibility index (Phi) is 4.84. The van der Waals surface area contributed by atoms with Gasteiger partial charge in [0, 0.05) is 0 Å². The summed E-state index contributed by atoms with van der Waals surface area (Å²) in [5, 5.41) is 0. The molecule has 2 nitrogen and oxygen atoms in total. The van der Waals surface area contributed by atoms with E-state index in [4.69, 9.17) is 0 Å². The lowest BCUT2D eigenvalue weighted by Crippen LogP contribution is -2.22. The van der Waals surface area contributed by atoms with E-state index in [0.29, 0.717) is 0 Å². The molecule has 0 aliphatic carbocycles. The van der Waals surface area contributed by atoms with Gasteiger partial charge in [-0.2, -0.15) is 17.6 Å². The topological polar surface area (TPSA) is 18.5 Å². The third-order valence-corrected chi connectivity index (χ3v) is 3.54. The molecule has 0 radical (unpaired) electrons. The summed E-state index contributed by atoms with van der Waals surface area (Å²) in [6.45, 7) is 0. The Labute approximate surface area is 147 Å². The molecule has 3 aromatic carbocycles. The first-order valence-corrected chi connectivity index (χ1v) is 7.72. The van der Waals surface area contributed by atoms with Crippen LogP contribution in [0.2, 0.25) is 0 Å². The molecule has 0 atom stereocenters. The van der Waals surface area contributed by atoms with Crippen LogP contribution in [0.25, 0.3) is 0 Å². The lowest BCUT2D eigenvalue weighted by molar-refractivity contribution is -0.188. The molecule has 6 heteroatoms. The van der Waals surface area contributed by atoms with Gasteiger partial charge in [0.05, 0.1) is 11.1 Å². The average Bonchev–Trinajstić information content (AvgIpc) is 2.64. The molecule has 0 unspecified atom stereocenters. The van der Waals surface area contributed by atoms with E-state index in [9.17, 15) is 17.6 Å². The van der Waals surface area contributed by atoms with Crippen LogP contribution in [0.5, 0.6) is 11.5 Å². The van der Waals surface area contributed by atoms with Crippen LogP contribution in [0, 0.1) is 0 Å². The monoisotopic (exact) mass is 362 g/mol. The smallest absolute Gasteiger partial charge is 0.426 e. The van der Waals surface area contributed by atoms with Crippen LogP contribution in [0.15, 0.2) is 84.9 Å². The van der Waals surface area contributed by atoms with E-state index in [1.54, 1.807) is 12.1 Å². The highest BCUT2D eigenvalue weighted by Crippen LogP contribution is 2.34. The Morgan fingerprint density at radius 1 is 0.462 bits per heavy atom. The van der Waals surface area contributed by atoms with Gasteiger partial charge in [-0.1, -0.05) is 36.4 Å². The van der Waals surface area contributed by atoms with Gasteiger partial charge >= 0.3 is 12.2 Å². The number of ether oxygens (including phenoxy) is 2. The van der Waals surface area contributed by atoms with E-state index in [-0.39, 0.29) is 22.6 Å². The van der Waals surface area contributed by atoms with Gasteiger partial charge in [0.25, 0.3) is 0 Å². The van der Waals surface area contributed by atoms with Gasteiger partial charge in [-0.15, -0.1) is 0 Å². The Balaban J connectivity index is 1.71. The second-order valence-electron chi connectivity index (χ2n) is 5.44. The fraction of sp³-hybridized carbons (Fsp3) is 0.100. The molecule has 0 aliphatic rings. The maximum Gasteiger partial charge on any atom is 0.426 e. The van der Waals surface area contributed by atoms with Gasteiger partial charge in [0.15, 0.2) is 0 Å². The Hall–Kier alpha value is -3.02. The zero-order chi connectivity index (χ0) is 18.6. The first-order valence-electron chi connectivity index (χ1n) is 7.72. The molecular weight excluding hydrogens is 348 g/mol. The lowest BCUT2D eigenvalue weighted by atomic mass is 10.2. The van der Waals surface area contributed by atoms with Gasteiger partial charge in [0.1, 0.15) is 11.5 Å². The van der Waals surface area contributed by atoms with Crippen LogP contribution in [0.1, 0.15) is 11.1 Å². The summed E-state index contributed by atoms with van der Waals surface area (Å²) in [5.41, 5.74) is -0.619. The van der Waals surface area contributed by atoms with Crippen LogP contribution >= 0.6 is 0 Å². The van der Waals surface area contributed by atoms with E-state index >= 15 is 0 Å². The van der Waals surface area contributed by atoms with Gasteiger partial charge in [-0.25, -0.2) is 0 Å². The van der Waals surface area contributed by atoms with E-state index in [2.05, 4.69) is 9.47 Å². The molecule has 3 rings (SSSR count). The predicted molar refractivity (Wildman–Crippen MR) is 88.4 cm³/mol. The predicted octanol–water partition coefficient (Wildman–Crippen LogP) is 5.94. The molecule has 0 bridgehead atoms. The van der Waals surface area contributed by atoms with Crippen LogP contribution < -0.4 is 9.47 Å². The van der Waals surface area contributed by atoms with Crippen LogP contribution in [-0.4, -0.2) is 0 Å². The maximum atomic E-state index is 14.1. The quantitative estimate of drug-likeness (QED) is 0.505. The molecule has 0 N–H and O–H groups in total. The van der Waals surface area contributed by atoms with Crippen molar-refractivity contribution in [3.63, 3.8) is 0 Å². The first kappa shape index (κ1) is 17.8. The van der Waals surface area contributed by atoms with Crippen LogP contribution in [0.3, 0.4) is 0 Å². The standard InChI is InChI=1S/C20H14F4O2/c21-19(22,15-7-3-1-4-8-15)25-17-11-13-18(14-12-17)26-20(23,24)16-9-5-2-6-10-16/h1-14H. The largest absolute Gasteiger partial charge is 0.429 e. The summed E-state index contributed by atoms with van der Waals surface area (Å²) in [7, 11) is 0. The van der Waals surface area contributed by atoms with Crippen molar-refractivity contribution in [3.8, 4) is 11.5 Å². The van der Waals surface area contributed by atoms with Crippen molar-refractivity contribution in [2.45, 2.75) is 12.2 Å². The molecule has 134 valence electrons. The number of benzene rings is 3. The van der Waals surface area contributed by atoms with Crippen molar-refractivity contribution >= 4 is 0 Å². The van der Waals surface area contributed by atoms with Gasteiger partial charge in [-0.3, -0.25) is 0 Å². The van der Waals surface area contributed by atoms with Crippen molar-refractivity contribution in [2.75, 3.05) is 0 Å². The van der Waals surface area contributed by atoms with Gasteiger partial charge in [0.2, 0.25) is 0 Å². The number of halogens is 4. The molecule has 0 saturated carbocycles. The molecule has 0 aliphatic heterocycles. The zero-order valence-corrected chi connectivity index (χ0v) is 13.4. The summed E-state index contributed by atoms with van der Waals surface area (Å²) in [6.07, 6.45) is -7.09. The number of alkyl halides is 4. The van der Waals surface area contributed by atoms with Crippen molar-refractivity contribution in [3.05, 3.63) is 96.1 Å². The highest BCUT2D eigenvalue weighted by atomic mass is 19.3. The number of rotatable bonds is 6. The minimum Gasteiger partial charge on any atom is -0.429 e. The molecule has 0 fully saturated rings. The summed E-state index contributed by atoms with van der Waals surface area (Å²) in [6, 6.07) is 18.6. The van der Waals surface area contributed by atoms with Crippen LogP contribution in [-0.2, 0) is 12.2 Å². The highest BCUT2D eigenvalue weighted by molar-refractivity contribution is 5.33. The van der Waals surface area contributed by atoms with Crippen LogP contribution in [0.4, 0.5) is 17.6 Å². The third kappa shape index (κ3) is 4.14. The second kappa shape index (κ2) is 7.07. The third-order valence-electron chi connectivity index (χ3n) is 3.54. The Morgan fingerprint density at radius 2 is 0.769 bits per heavy atom. The van der Waals surface area contributed by atoms with Crippen molar-refractivity contribution in [1.82, 2.24) is 0 Å². The molecular formula is C20H14F4O2. The molecule has 26 heavy (non-hydrogen) atoms.